The molecule has 2 aromatic heterocycles. The highest BCUT2D eigenvalue weighted by molar-refractivity contribution is 6.00. The lowest BCUT2D eigenvalue weighted by Gasteiger charge is -2.36. The van der Waals surface area contributed by atoms with Gasteiger partial charge in [0.05, 0.1) is 37.2 Å². The fourth-order valence-electron chi connectivity index (χ4n) is 4.69. The number of carbonyl (C=O) groups is 1. The van der Waals surface area contributed by atoms with Crippen LogP contribution in [0.25, 0.3) is 28.3 Å². The van der Waals surface area contributed by atoms with Crippen molar-refractivity contribution in [2.75, 3.05) is 25.6 Å². The van der Waals surface area contributed by atoms with Crippen LogP contribution >= 0.6 is 0 Å². The highest BCUT2D eigenvalue weighted by Gasteiger charge is 2.49. The van der Waals surface area contributed by atoms with Crippen molar-refractivity contribution >= 4 is 17.4 Å². The SMILES string of the molecule is CNc1cc(-c2cnc3n(C4COC[C@@H]4O)cccc2-3)nc2c(C(=O)NC3CCC3(F)F)cnn12. The highest BCUT2D eigenvalue weighted by Crippen LogP contribution is 2.38. The Labute approximate surface area is 198 Å². The Morgan fingerprint density at radius 2 is 2.14 bits per heavy atom. The number of hydrogen-bond acceptors (Lipinski definition) is 7. The molecule has 3 N–H and O–H groups in total. The lowest BCUT2D eigenvalue weighted by atomic mass is 9.88. The molecule has 5 heterocycles. The number of carbonyl (C=O) groups excluding carboxylic acids is 1. The first-order valence-corrected chi connectivity index (χ1v) is 11.3. The van der Waals surface area contributed by atoms with Gasteiger partial charge in [0.25, 0.3) is 11.8 Å². The maximum Gasteiger partial charge on any atom is 0.267 e. The summed E-state index contributed by atoms with van der Waals surface area (Å²) >= 11 is 0. The van der Waals surface area contributed by atoms with Gasteiger partial charge in [-0.1, -0.05) is 0 Å². The number of nitrogens with zero attached hydrogens (tertiary/aromatic N) is 5. The fraction of sp³-hybridized carbons (Fsp3) is 0.391. The van der Waals surface area contributed by atoms with Gasteiger partial charge in [-0.15, -0.1) is 0 Å². The normalized spacial score (nSPS) is 23.5. The van der Waals surface area contributed by atoms with Gasteiger partial charge in [-0.2, -0.15) is 9.61 Å². The summed E-state index contributed by atoms with van der Waals surface area (Å²) in [6, 6.07) is 4.12. The van der Waals surface area contributed by atoms with Crippen LogP contribution in [0.15, 0.2) is 36.8 Å². The Bertz CT molecular complexity index is 1400. The summed E-state index contributed by atoms with van der Waals surface area (Å²) in [6.45, 7) is 0.653. The molecule has 0 radical (unpaired) electrons. The maximum atomic E-state index is 13.7. The number of rotatable bonds is 5. The van der Waals surface area contributed by atoms with Crippen LogP contribution in [0.1, 0.15) is 29.2 Å². The Morgan fingerprint density at radius 3 is 2.83 bits per heavy atom. The van der Waals surface area contributed by atoms with Gasteiger partial charge in [0.15, 0.2) is 5.65 Å². The number of amides is 1. The van der Waals surface area contributed by atoms with Gasteiger partial charge in [-0.25, -0.2) is 18.7 Å². The summed E-state index contributed by atoms with van der Waals surface area (Å²) in [5.74, 6) is -2.31. The largest absolute Gasteiger partial charge is 0.388 e. The zero-order valence-electron chi connectivity index (χ0n) is 18.8. The van der Waals surface area contributed by atoms with E-state index in [-0.39, 0.29) is 36.7 Å². The van der Waals surface area contributed by atoms with E-state index >= 15 is 0 Å². The Kier molecular flexibility index (Phi) is 4.97. The van der Waals surface area contributed by atoms with Crippen LogP contribution in [0, 0.1) is 0 Å². The highest BCUT2D eigenvalue weighted by atomic mass is 19.3. The van der Waals surface area contributed by atoms with E-state index in [2.05, 4.69) is 25.7 Å². The second-order valence-corrected chi connectivity index (χ2v) is 8.89. The van der Waals surface area contributed by atoms with E-state index in [0.717, 1.165) is 11.1 Å². The monoisotopic (exact) mass is 483 g/mol. The molecule has 3 atom stereocenters. The van der Waals surface area contributed by atoms with Gasteiger partial charge in [0.2, 0.25) is 0 Å². The molecule has 6 rings (SSSR count). The smallest absolute Gasteiger partial charge is 0.267 e. The van der Waals surface area contributed by atoms with E-state index in [4.69, 9.17) is 4.74 Å². The van der Waals surface area contributed by atoms with Crippen molar-refractivity contribution in [3.63, 3.8) is 0 Å². The van der Waals surface area contributed by atoms with Crippen molar-refractivity contribution in [1.82, 2.24) is 29.5 Å². The van der Waals surface area contributed by atoms with Crippen molar-refractivity contribution in [3.8, 4) is 22.6 Å². The zero-order valence-corrected chi connectivity index (χ0v) is 18.8. The lowest BCUT2D eigenvalue weighted by molar-refractivity contribution is -0.102. The minimum Gasteiger partial charge on any atom is -0.388 e. The molecular formula is C23H23F2N7O3. The van der Waals surface area contributed by atoms with E-state index in [0.29, 0.717) is 23.9 Å². The second-order valence-electron chi connectivity index (χ2n) is 8.89. The molecule has 4 aliphatic rings. The third-order valence-electron chi connectivity index (χ3n) is 6.81. The minimum absolute atomic E-state index is 0.108. The summed E-state index contributed by atoms with van der Waals surface area (Å²) in [4.78, 5) is 22.1. The van der Waals surface area contributed by atoms with E-state index in [1.807, 2.05) is 22.9 Å². The number of ether oxygens (including phenoxy) is 1. The molecule has 3 aliphatic heterocycles. The first-order valence-electron chi connectivity index (χ1n) is 11.3. The number of alkyl halides is 2. The van der Waals surface area contributed by atoms with Gasteiger partial charge >= 0.3 is 0 Å². The summed E-state index contributed by atoms with van der Waals surface area (Å²) < 4.78 is 36.2. The van der Waals surface area contributed by atoms with Crippen LogP contribution in [0.2, 0.25) is 0 Å². The van der Waals surface area contributed by atoms with Crippen molar-refractivity contribution in [2.45, 2.75) is 37.0 Å². The molecule has 1 saturated carbocycles. The Balaban J connectivity index is 1.40. The van der Waals surface area contributed by atoms with Gasteiger partial charge in [0, 0.05) is 43.1 Å². The van der Waals surface area contributed by atoms with E-state index in [9.17, 15) is 18.7 Å². The van der Waals surface area contributed by atoms with Crippen LogP contribution in [0.4, 0.5) is 14.6 Å². The average molecular weight is 483 g/mol. The molecule has 2 unspecified atom stereocenters. The molecule has 35 heavy (non-hydrogen) atoms. The Morgan fingerprint density at radius 1 is 1.29 bits per heavy atom. The predicted octanol–water partition coefficient (Wildman–Crippen LogP) is 2.20. The molecule has 182 valence electrons. The first-order chi connectivity index (χ1) is 16.9. The number of aliphatic hydroxyl groups is 1. The average Bonchev–Trinajstić information content (AvgIpc) is 3.58. The van der Waals surface area contributed by atoms with Gasteiger partial charge in [0.1, 0.15) is 23.3 Å². The van der Waals surface area contributed by atoms with Gasteiger partial charge in [-0.05, 0) is 18.6 Å². The van der Waals surface area contributed by atoms with Crippen LogP contribution in [0.5, 0.6) is 0 Å². The van der Waals surface area contributed by atoms with Crippen LogP contribution in [0.3, 0.4) is 0 Å². The third-order valence-corrected chi connectivity index (χ3v) is 6.81. The van der Waals surface area contributed by atoms with Crippen molar-refractivity contribution < 1.29 is 23.4 Å². The van der Waals surface area contributed by atoms with E-state index in [1.165, 1.54) is 10.7 Å². The molecule has 0 aromatic carbocycles. The minimum atomic E-state index is -2.90. The number of aliphatic hydroxyl groups excluding tert-OH is 1. The van der Waals surface area contributed by atoms with Crippen LogP contribution in [-0.2, 0) is 4.74 Å². The molecule has 10 nitrogen and oxygen atoms in total. The fourth-order valence-corrected chi connectivity index (χ4v) is 4.69. The molecule has 12 heteroatoms. The molecular weight excluding hydrogens is 460 g/mol. The quantitative estimate of drug-likeness (QED) is 0.398. The van der Waals surface area contributed by atoms with Crippen molar-refractivity contribution in [2.24, 2.45) is 0 Å². The number of nitrogens with one attached hydrogen (secondary N) is 2. The topological polar surface area (TPSA) is 119 Å². The standard InChI is InChI=1S/C23H23F2N7O3/c1-26-19-7-15(13-8-27-20-12(13)3-2-6-31(20)16-10-35-11-17(16)33)29-21-14(9-28-32(19)21)22(34)30-18-4-5-23(18,24)25/h2-3,6-9,16-18,26,33H,4-5,10-11H2,1H3,(H,30,34)/t16?,17-,18?/m0/s1. The molecule has 2 fully saturated rings. The van der Waals surface area contributed by atoms with Crippen molar-refractivity contribution in [3.05, 3.63) is 42.4 Å². The first kappa shape index (κ1) is 21.9. The number of anilines is 1. The molecule has 0 bridgehead atoms. The van der Waals surface area contributed by atoms with E-state index < -0.39 is 24.0 Å². The Hall–Kier alpha value is -3.64. The summed E-state index contributed by atoms with van der Waals surface area (Å²) in [6.07, 6.45) is 4.23. The van der Waals surface area contributed by atoms with E-state index in [1.54, 1.807) is 19.3 Å². The van der Waals surface area contributed by atoms with Crippen LogP contribution < -0.4 is 10.6 Å². The van der Waals surface area contributed by atoms with Gasteiger partial charge < -0.3 is 25.0 Å². The van der Waals surface area contributed by atoms with Gasteiger partial charge in [-0.3, -0.25) is 4.79 Å². The number of halogens is 2. The summed E-state index contributed by atoms with van der Waals surface area (Å²) in [5, 5.41) is 20.0. The third kappa shape index (κ3) is 3.43. The lowest BCUT2D eigenvalue weighted by Crippen LogP contribution is -2.55. The van der Waals surface area contributed by atoms with Crippen molar-refractivity contribution in [1.29, 1.82) is 0 Å². The molecule has 0 spiro atoms. The number of fused-ring (bicyclic) bond motifs is 2. The summed E-state index contributed by atoms with van der Waals surface area (Å²) in [7, 11) is 1.71. The zero-order chi connectivity index (χ0) is 24.3. The molecule has 1 amide bonds. The van der Waals surface area contributed by atoms with Crippen LogP contribution in [-0.4, -0.2) is 73.5 Å². The number of hydrogen-bond donors (Lipinski definition) is 3. The number of pyridine rings is 1. The molecule has 2 aromatic rings. The maximum absolute atomic E-state index is 13.7. The predicted molar refractivity (Wildman–Crippen MR) is 122 cm³/mol. The second kappa shape index (κ2) is 7.95. The molecule has 1 aliphatic carbocycles. The molecule has 1 saturated heterocycles. The summed E-state index contributed by atoms with van der Waals surface area (Å²) in [5.41, 5.74) is 2.42. The number of aromatic nitrogens is 5.